The lowest BCUT2D eigenvalue weighted by atomic mass is 10.1. The monoisotopic (exact) mass is 355 g/mol. The number of hydrogen-bond donors (Lipinski definition) is 1. The fourth-order valence-electron chi connectivity index (χ4n) is 2.41. The van der Waals surface area contributed by atoms with Gasteiger partial charge in [-0.3, -0.25) is 14.6 Å². The molecule has 1 amide bonds. The molecule has 1 aromatic carbocycles. The maximum atomic E-state index is 13.2. The number of nitrogens with one attached hydrogen (secondary N) is 1. The van der Waals surface area contributed by atoms with E-state index in [9.17, 15) is 18.4 Å². The number of aryl methyl sites for hydroxylation is 1. The molecule has 7 heteroatoms. The van der Waals surface area contributed by atoms with Crippen molar-refractivity contribution in [2.75, 3.05) is 5.32 Å². The highest BCUT2D eigenvalue weighted by atomic mass is 19.2. The molecule has 0 spiro atoms. The maximum Gasteiger partial charge on any atom is 0.274 e. The van der Waals surface area contributed by atoms with Gasteiger partial charge in [0, 0.05) is 25.5 Å². The second kappa shape index (κ2) is 7.26. The molecule has 0 saturated heterocycles. The molecule has 132 valence electrons. The van der Waals surface area contributed by atoms with Gasteiger partial charge in [-0.25, -0.2) is 8.78 Å². The Morgan fingerprint density at radius 1 is 1.08 bits per heavy atom. The van der Waals surface area contributed by atoms with Crippen LogP contribution in [0.5, 0.6) is 0 Å². The van der Waals surface area contributed by atoms with Crippen LogP contribution in [0.3, 0.4) is 0 Å². The normalized spacial score (nSPS) is 10.6. The van der Waals surface area contributed by atoms with E-state index >= 15 is 0 Å². The zero-order valence-corrected chi connectivity index (χ0v) is 13.9. The Morgan fingerprint density at radius 2 is 1.85 bits per heavy atom. The van der Waals surface area contributed by atoms with Gasteiger partial charge in [0.1, 0.15) is 5.69 Å². The van der Waals surface area contributed by atoms with Crippen molar-refractivity contribution in [3.63, 3.8) is 0 Å². The molecule has 3 rings (SSSR count). The topological polar surface area (TPSA) is 64.0 Å². The van der Waals surface area contributed by atoms with Crippen LogP contribution in [-0.2, 0) is 13.5 Å². The third-order valence-corrected chi connectivity index (χ3v) is 3.79. The van der Waals surface area contributed by atoms with E-state index < -0.39 is 17.5 Å². The summed E-state index contributed by atoms with van der Waals surface area (Å²) < 4.78 is 27.6. The number of aromatic nitrogens is 2. The van der Waals surface area contributed by atoms with E-state index in [-0.39, 0.29) is 11.3 Å². The van der Waals surface area contributed by atoms with Gasteiger partial charge >= 0.3 is 0 Å². The van der Waals surface area contributed by atoms with Crippen molar-refractivity contribution in [2.24, 2.45) is 7.05 Å². The molecular weight excluding hydrogens is 340 g/mol. The van der Waals surface area contributed by atoms with Crippen LogP contribution in [0.1, 0.15) is 21.6 Å². The average molecular weight is 355 g/mol. The fraction of sp³-hybridized carbons (Fsp3) is 0.105. The molecule has 1 N–H and O–H groups in total. The summed E-state index contributed by atoms with van der Waals surface area (Å²) in [6, 6.07) is 9.82. The van der Waals surface area contributed by atoms with E-state index in [1.54, 1.807) is 19.2 Å². The van der Waals surface area contributed by atoms with Crippen LogP contribution in [-0.4, -0.2) is 15.5 Å². The molecule has 0 unspecified atom stereocenters. The molecule has 0 aliphatic heterocycles. The van der Waals surface area contributed by atoms with Gasteiger partial charge in [-0.2, -0.15) is 0 Å². The van der Waals surface area contributed by atoms with Gasteiger partial charge in [-0.05, 0) is 41.8 Å². The van der Waals surface area contributed by atoms with Gasteiger partial charge in [0.2, 0.25) is 5.56 Å². The fourth-order valence-corrected chi connectivity index (χ4v) is 2.41. The van der Waals surface area contributed by atoms with Crippen LogP contribution in [0.25, 0.3) is 0 Å². The molecule has 3 aromatic rings. The molecule has 0 saturated carbocycles. The first-order valence-electron chi connectivity index (χ1n) is 7.79. The molecule has 26 heavy (non-hydrogen) atoms. The van der Waals surface area contributed by atoms with Gasteiger partial charge < -0.3 is 9.88 Å². The van der Waals surface area contributed by atoms with Gasteiger partial charge in [-0.1, -0.05) is 12.1 Å². The highest BCUT2D eigenvalue weighted by molar-refractivity contribution is 6.02. The molecular formula is C19H15F2N3O2. The standard InChI is InChI=1S/C19H15F2N3O2/c1-24-11-14(4-7-18(24)25)23-19(26)17-6-3-13(10-22-17)8-12-2-5-15(20)16(21)9-12/h2-7,9-11H,8H2,1H3,(H,23,26). The van der Waals surface area contributed by atoms with Gasteiger partial charge in [0.25, 0.3) is 5.91 Å². The van der Waals surface area contributed by atoms with Crippen LogP contribution in [0.4, 0.5) is 14.5 Å². The molecule has 0 radical (unpaired) electrons. The SMILES string of the molecule is Cn1cc(NC(=O)c2ccc(Cc3ccc(F)c(F)c3)cn2)ccc1=O. The number of rotatable bonds is 4. The first-order chi connectivity index (χ1) is 12.4. The van der Waals surface area contributed by atoms with Crippen molar-refractivity contribution in [1.82, 2.24) is 9.55 Å². The summed E-state index contributed by atoms with van der Waals surface area (Å²) in [7, 11) is 1.59. The van der Waals surface area contributed by atoms with E-state index in [0.717, 1.165) is 17.7 Å². The molecule has 2 aromatic heterocycles. The van der Waals surface area contributed by atoms with Crippen LogP contribution in [0.15, 0.2) is 59.7 Å². The summed E-state index contributed by atoms with van der Waals surface area (Å²) in [4.78, 5) is 27.7. The second-order valence-corrected chi connectivity index (χ2v) is 5.80. The summed E-state index contributed by atoms with van der Waals surface area (Å²) in [6.45, 7) is 0. The molecule has 0 bridgehead atoms. The van der Waals surface area contributed by atoms with Crippen molar-refractivity contribution in [3.8, 4) is 0 Å². The minimum atomic E-state index is -0.899. The molecule has 5 nitrogen and oxygen atoms in total. The summed E-state index contributed by atoms with van der Waals surface area (Å²) in [5, 5.41) is 2.66. The van der Waals surface area contributed by atoms with Crippen LogP contribution in [0, 0.1) is 11.6 Å². The van der Waals surface area contributed by atoms with Crippen molar-refractivity contribution in [3.05, 3.63) is 93.7 Å². The Morgan fingerprint density at radius 3 is 2.50 bits per heavy atom. The number of amides is 1. The Kier molecular flexibility index (Phi) is 4.88. The first-order valence-corrected chi connectivity index (χ1v) is 7.79. The summed E-state index contributed by atoms with van der Waals surface area (Å²) in [6.07, 6.45) is 3.39. The lowest BCUT2D eigenvalue weighted by Gasteiger charge is -2.07. The molecule has 0 fully saturated rings. The van der Waals surface area contributed by atoms with Gasteiger partial charge in [0.05, 0.1) is 5.69 Å². The van der Waals surface area contributed by atoms with E-state index in [2.05, 4.69) is 10.3 Å². The van der Waals surface area contributed by atoms with Crippen molar-refractivity contribution >= 4 is 11.6 Å². The molecule has 2 heterocycles. The van der Waals surface area contributed by atoms with E-state index in [1.165, 1.54) is 35.2 Å². The first kappa shape index (κ1) is 17.5. The highest BCUT2D eigenvalue weighted by Crippen LogP contribution is 2.14. The molecule has 0 atom stereocenters. The van der Waals surface area contributed by atoms with Crippen molar-refractivity contribution < 1.29 is 13.6 Å². The number of carbonyl (C=O) groups excluding carboxylic acids is 1. The quantitative estimate of drug-likeness (QED) is 0.783. The van der Waals surface area contributed by atoms with Crippen molar-refractivity contribution in [1.29, 1.82) is 0 Å². The smallest absolute Gasteiger partial charge is 0.274 e. The molecule has 0 aliphatic rings. The predicted octanol–water partition coefficient (Wildman–Crippen LogP) is 2.90. The largest absolute Gasteiger partial charge is 0.319 e. The lowest BCUT2D eigenvalue weighted by molar-refractivity contribution is 0.102. The number of hydrogen-bond acceptors (Lipinski definition) is 3. The number of benzene rings is 1. The number of anilines is 1. The minimum Gasteiger partial charge on any atom is -0.319 e. The van der Waals surface area contributed by atoms with Crippen LogP contribution < -0.4 is 10.9 Å². The Bertz CT molecular complexity index is 1010. The Labute approximate surface area is 147 Å². The average Bonchev–Trinajstić information content (AvgIpc) is 2.62. The highest BCUT2D eigenvalue weighted by Gasteiger charge is 2.09. The third kappa shape index (κ3) is 4.00. The Hall–Kier alpha value is -3.35. The van der Waals surface area contributed by atoms with E-state index in [1.807, 2.05) is 0 Å². The number of carbonyl (C=O) groups is 1. The third-order valence-electron chi connectivity index (χ3n) is 3.79. The zero-order valence-electron chi connectivity index (χ0n) is 13.9. The Balaban J connectivity index is 1.70. The maximum absolute atomic E-state index is 13.2. The van der Waals surface area contributed by atoms with Crippen LogP contribution >= 0.6 is 0 Å². The number of halogens is 2. The molecule has 0 aliphatic carbocycles. The summed E-state index contributed by atoms with van der Waals surface area (Å²) in [5.41, 5.74) is 1.86. The van der Waals surface area contributed by atoms with E-state index in [0.29, 0.717) is 17.7 Å². The number of pyridine rings is 2. The zero-order chi connectivity index (χ0) is 18.7. The van der Waals surface area contributed by atoms with Gasteiger partial charge in [-0.15, -0.1) is 0 Å². The summed E-state index contributed by atoms with van der Waals surface area (Å²) in [5.74, 6) is -2.20. The summed E-state index contributed by atoms with van der Waals surface area (Å²) >= 11 is 0. The van der Waals surface area contributed by atoms with Crippen LogP contribution in [0.2, 0.25) is 0 Å². The minimum absolute atomic E-state index is 0.178. The van der Waals surface area contributed by atoms with E-state index in [4.69, 9.17) is 0 Å². The lowest BCUT2D eigenvalue weighted by Crippen LogP contribution is -2.18. The second-order valence-electron chi connectivity index (χ2n) is 5.80. The van der Waals surface area contributed by atoms with Crippen molar-refractivity contribution in [2.45, 2.75) is 6.42 Å². The predicted molar refractivity (Wildman–Crippen MR) is 93.0 cm³/mol. The van der Waals surface area contributed by atoms with Gasteiger partial charge in [0.15, 0.2) is 11.6 Å². The number of nitrogens with zero attached hydrogens (tertiary/aromatic N) is 2.